The fourth-order valence-corrected chi connectivity index (χ4v) is 3.75. The first-order valence-corrected chi connectivity index (χ1v) is 8.70. The van der Waals surface area contributed by atoms with Gasteiger partial charge in [-0.1, -0.05) is 19.9 Å². The average Bonchev–Trinajstić information content (AvgIpc) is 2.82. The molecule has 8 heteroatoms. The molecule has 2 aliphatic rings. The predicted octanol–water partition coefficient (Wildman–Crippen LogP) is 2.56. The van der Waals surface area contributed by atoms with Gasteiger partial charge in [0.05, 0.1) is 18.8 Å². The molecular formula is C18H25F3N2O3. The van der Waals surface area contributed by atoms with Crippen LogP contribution >= 0.6 is 0 Å². The topological polar surface area (TPSA) is 45.2 Å². The fraction of sp³-hybridized carbons (Fsp3) is 0.667. The average molecular weight is 374 g/mol. The molecule has 0 unspecified atom stereocenters. The molecule has 0 saturated carbocycles. The van der Waals surface area contributed by atoms with E-state index in [1.54, 1.807) is 11.0 Å². The Morgan fingerprint density at radius 3 is 2.54 bits per heavy atom. The lowest BCUT2D eigenvalue weighted by atomic mass is 9.85. The molecular weight excluding hydrogens is 349 g/mol. The number of morpholine rings is 1. The third-order valence-electron chi connectivity index (χ3n) is 5.02. The van der Waals surface area contributed by atoms with Crippen molar-refractivity contribution in [1.82, 2.24) is 4.90 Å². The van der Waals surface area contributed by atoms with Gasteiger partial charge in [0.1, 0.15) is 13.5 Å². The number of benzene rings is 1. The van der Waals surface area contributed by atoms with Crippen molar-refractivity contribution < 1.29 is 27.8 Å². The van der Waals surface area contributed by atoms with Crippen LogP contribution in [-0.2, 0) is 27.6 Å². The number of fused-ring (bicyclic) bond motifs is 1. The highest BCUT2D eigenvalue weighted by Gasteiger charge is 2.40. The van der Waals surface area contributed by atoms with Gasteiger partial charge in [-0.05, 0) is 17.2 Å². The molecule has 1 N–H and O–H groups in total. The van der Waals surface area contributed by atoms with Crippen molar-refractivity contribution in [3.05, 3.63) is 28.8 Å². The molecule has 0 bridgehead atoms. The maximum atomic E-state index is 13.7. The number of aliphatic hydroxyl groups excluding tert-OH is 1. The molecule has 2 heterocycles. The molecule has 0 aliphatic carbocycles. The second-order valence-electron chi connectivity index (χ2n) is 7.46. The van der Waals surface area contributed by atoms with Crippen LogP contribution in [0.15, 0.2) is 12.1 Å². The minimum Gasteiger partial charge on any atom is -0.379 e. The van der Waals surface area contributed by atoms with E-state index in [-0.39, 0.29) is 18.7 Å². The van der Waals surface area contributed by atoms with E-state index in [4.69, 9.17) is 14.6 Å². The predicted molar refractivity (Wildman–Crippen MR) is 90.9 cm³/mol. The Bertz CT molecular complexity index is 643. The van der Waals surface area contributed by atoms with Crippen LogP contribution in [0.1, 0.15) is 30.5 Å². The molecule has 0 radical (unpaired) electrons. The van der Waals surface area contributed by atoms with Crippen molar-refractivity contribution in [2.75, 3.05) is 51.3 Å². The number of halogens is 3. The van der Waals surface area contributed by atoms with Crippen molar-refractivity contribution in [3.8, 4) is 0 Å². The van der Waals surface area contributed by atoms with Crippen LogP contribution in [0.4, 0.5) is 18.9 Å². The van der Waals surface area contributed by atoms with Crippen LogP contribution in [0.5, 0.6) is 0 Å². The van der Waals surface area contributed by atoms with Crippen molar-refractivity contribution >= 4 is 5.69 Å². The van der Waals surface area contributed by atoms with E-state index in [0.717, 1.165) is 5.56 Å². The molecule has 3 rings (SSSR count). The van der Waals surface area contributed by atoms with Gasteiger partial charge >= 0.3 is 6.18 Å². The Balaban J connectivity index is 1.99. The van der Waals surface area contributed by atoms with Crippen molar-refractivity contribution in [2.45, 2.75) is 32.0 Å². The lowest BCUT2D eigenvalue weighted by Crippen LogP contribution is -2.36. The summed E-state index contributed by atoms with van der Waals surface area (Å²) in [5, 5.41) is 8.87. The number of anilines is 1. The number of hydrogen-bond donors (Lipinski definition) is 1. The number of nitrogens with zero attached hydrogens (tertiary/aromatic N) is 2. The highest BCUT2D eigenvalue weighted by atomic mass is 19.4. The van der Waals surface area contributed by atoms with Gasteiger partial charge in [0.15, 0.2) is 0 Å². The second-order valence-corrected chi connectivity index (χ2v) is 7.46. The molecule has 146 valence electrons. The Hall–Kier alpha value is -1.35. The van der Waals surface area contributed by atoms with Crippen molar-refractivity contribution in [3.63, 3.8) is 0 Å². The Labute approximate surface area is 151 Å². The van der Waals surface area contributed by atoms with Crippen LogP contribution < -0.4 is 4.90 Å². The second kappa shape index (κ2) is 7.34. The van der Waals surface area contributed by atoms with E-state index in [2.05, 4.69) is 0 Å². The molecule has 1 aromatic rings. The van der Waals surface area contributed by atoms with Gasteiger partial charge in [-0.3, -0.25) is 4.90 Å². The number of aliphatic hydroxyl groups is 1. The quantitative estimate of drug-likeness (QED) is 0.803. The van der Waals surface area contributed by atoms with E-state index in [1.165, 1.54) is 6.07 Å². The fourth-order valence-electron chi connectivity index (χ4n) is 3.75. The summed E-state index contributed by atoms with van der Waals surface area (Å²) in [4.78, 5) is 3.74. The number of rotatable bonds is 5. The van der Waals surface area contributed by atoms with E-state index < -0.39 is 18.5 Å². The smallest absolute Gasteiger partial charge is 0.379 e. The summed E-state index contributed by atoms with van der Waals surface area (Å²) < 4.78 is 51.4. The largest absolute Gasteiger partial charge is 0.416 e. The minimum absolute atomic E-state index is 0.0625. The molecule has 0 aromatic heterocycles. The summed E-state index contributed by atoms with van der Waals surface area (Å²) in [5.74, 6) is 0. The van der Waals surface area contributed by atoms with Crippen LogP contribution in [-0.4, -0.2) is 56.4 Å². The molecule has 1 aromatic carbocycles. The first-order valence-electron chi connectivity index (χ1n) is 8.70. The van der Waals surface area contributed by atoms with Gasteiger partial charge in [0.25, 0.3) is 0 Å². The maximum absolute atomic E-state index is 13.7. The van der Waals surface area contributed by atoms with Gasteiger partial charge in [-0.25, -0.2) is 0 Å². The zero-order valence-electron chi connectivity index (χ0n) is 15.1. The highest BCUT2D eigenvalue weighted by molar-refractivity contribution is 5.65. The third kappa shape index (κ3) is 3.98. The van der Waals surface area contributed by atoms with E-state index in [1.807, 2.05) is 18.7 Å². The number of hydrogen-bond acceptors (Lipinski definition) is 5. The summed E-state index contributed by atoms with van der Waals surface area (Å²) in [6, 6.07) is 2.94. The monoisotopic (exact) mass is 374 g/mol. The van der Waals surface area contributed by atoms with E-state index >= 15 is 0 Å². The normalized spacial score (nSPS) is 20.5. The van der Waals surface area contributed by atoms with Crippen LogP contribution in [0.25, 0.3) is 0 Å². The first-order chi connectivity index (χ1) is 12.2. The summed E-state index contributed by atoms with van der Waals surface area (Å²) in [6.07, 6.45) is -4.42. The Kier molecular flexibility index (Phi) is 5.48. The van der Waals surface area contributed by atoms with E-state index in [0.29, 0.717) is 44.1 Å². The van der Waals surface area contributed by atoms with Gasteiger partial charge in [-0.15, -0.1) is 0 Å². The molecule has 1 saturated heterocycles. The summed E-state index contributed by atoms with van der Waals surface area (Å²) in [5.41, 5.74) is 0.820. The van der Waals surface area contributed by atoms with E-state index in [9.17, 15) is 13.2 Å². The van der Waals surface area contributed by atoms with Gasteiger partial charge < -0.3 is 19.5 Å². The first kappa shape index (κ1) is 19.4. The molecule has 0 spiro atoms. The molecule has 1 fully saturated rings. The van der Waals surface area contributed by atoms with Crippen molar-refractivity contribution in [1.29, 1.82) is 0 Å². The van der Waals surface area contributed by atoms with Crippen LogP contribution in [0.3, 0.4) is 0 Å². The van der Waals surface area contributed by atoms with Crippen LogP contribution in [0.2, 0.25) is 0 Å². The molecule has 0 atom stereocenters. The number of ether oxygens (including phenoxy) is 2. The molecule has 0 amide bonds. The maximum Gasteiger partial charge on any atom is 0.416 e. The van der Waals surface area contributed by atoms with Gasteiger partial charge in [-0.2, -0.15) is 13.2 Å². The highest BCUT2D eigenvalue weighted by Crippen LogP contribution is 2.45. The standard InChI is InChI=1S/C18H25F3N2O3/c1-17(2)10-23(11-26-12-24)16-8-14(18(19,20)21)13(7-15(16)17)9-22-3-5-25-6-4-22/h7-8,24H,3-6,9-12H2,1-2H3. The van der Waals surface area contributed by atoms with Gasteiger partial charge in [0.2, 0.25) is 0 Å². The SMILES string of the molecule is CC1(C)CN(COCO)c2cc(C(F)(F)F)c(CN3CCOCC3)cc21. The summed E-state index contributed by atoms with van der Waals surface area (Å²) >= 11 is 0. The Morgan fingerprint density at radius 2 is 1.92 bits per heavy atom. The summed E-state index contributed by atoms with van der Waals surface area (Å²) in [7, 11) is 0. The van der Waals surface area contributed by atoms with Crippen molar-refractivity contribution in [2.24, 2.45) is 0 Å². The Morgan fingerprint density at radius 1 is 1.23 bits per heavy atom. The summed E-state index contributed by atoms with van der Waals surface area (Å²) in [6.45, 7) is 6.78. The molecule has 2 aliphatic heterocycles. The zero-order chi connectivity index (χ0) is 18.9. The van der Waals surface area contributed by atoms with Gasteiger partial charge in [0, 0.05) is 37.3 Å². The zero-order valence-corrected chi connectivity index (χ0v) is 15.1. The number of alkyl halides is 3. The lowest BCUT2D eigenvalue weighted by Gasteiger charge is -2.28. The van der Waals surface area contributed by atoms with Crippen LogP contribution in [0, 0.1) is 0 Å². The third-order valence-corrected chi connectivity index (χ3v) is 5.02. The minimum atomic E-state index is -4.42. The molecule has 26 heavy (non-hydrogen) atoms. The molecule has 5 nitrogen and oxygen atoms in total. The lowest BCUT2D eigenvalue weighted by molar-refractivity contribution is -0.138.